The lowest BCUT2D eigenvalue weighted by atomic mass is 10.0. The number of rotatable bonds is 4. The molecule has 2 amide bonds. The number of aryl methyl sites for hydroxylation is 1. The Labute approximate surface area is 209 Å². The van der Waals surface area contributed by atoms with E-state index < -0.39 is 0 Å². The van der Waals surface area contributed by atoms with Gasteiger partial charge in [0.2, 0.25) is 0 Å². The van der Waals surface area contributed by atoms with E-state index in [2.05, 4.69) is 6.92 Å². The predicted octanol–water partition coefficient (Wildman–Crippen LogP) is 4.93. The molecule has 1 saturated heterocycles. The highest BCUT2D eigenvalue weighted by atomic mass is 16.3. The predicted molar refractivity (Wildman–Crippen MR) is 140 cm³/mol. The zero-order valence-electron chi connectivity index (χ0n) is 20.5. The molecule has 1 aliphatic rings. The van der Waals surface area contributed by atoms with Crippen LogP contribution in [0.5, 0.6) is 0 Å². The van der Waals surface area contributed by atoms with Gasteiger partial charge in [0, 0.05) is 42.9 Å². The summed E-state index contributed by atoms with van der Waals surface area (Å²) in [5.41, 5.74) is 3.66. The molecular formula is C30H28N2O4. The smallest absolute Gasteiger partial charge is 0.257 e. The molecule has 0 N–H and O–H groups in total. The Bertz CT molecular complexity index is 1480. The lowest BCUT2D eigenvalue weighted by Crippen LogP contribution is -2.50. The number of para-hydroxylation sites is 1. The van der Waals surface area contributed by atoms with E-state index in [-0.39, 0.29) is 17.2 Å². The molecule has 0 unspecified atom stereocenters. The molecule has 6 nitrogen and oxygen atoms in total. The van der Waals surface area contributed by atoms with Crippen molar-refractivity contribution in [3.63, 3.8) is 0 Å². The molecule has 3 aromatic carbocycles. The van der Waals surface area contributed by atoms with Crippen molar-refractivity contribution < 1.29 is 14.0 Å². The standard InChI is InChI=1S/C30H28N2O4/c1-3-21-12-14-23(15-13-21)29(34)31-16-18-32(19-17-31)30(35)25-11-7-10-24-26(33)20(2)27(36-28(24)25)22-8-5-4-6-9-22/h4-15H,3,16-19H2,1-2H3. The minimum absolute atomic E-state index is 0.0242. The number of nitrogens with zero attached hydrogens (tertiary/aromatic N) is 2. The zero-order chi connectivity index (χ0) is 25.2. The van der Waals surface area contributed by atoms with E-state index in [1.807, 2.05) is 54.6 Å². The molecule has 0 saturated carbocycles. The van der Waals surface area contributed by atoms with Crippen LogP contribution < -0.4 is 5.43 Å². The minimum Gasteiger partial charge on any atom is -0.455 e. The maximum absolute atomic E-state index is 13.5. The van der Waals surface area contributed by atoms with Crippen molar-refractivity contribution in [3.8, 4) is 11.3 Å². The van der Waals surface area contributed by atoms with Gasteiger partial charge in [-0.2, -0.15) is 0 Å². The fourth-order valence-corrected chi connectivity index (χ4v) is 4.69. The molecule has 2 heterocycles. The number of amides is 2. The van der Waals surface area contributed by atoms with Gasteiger partial charge in [0.15, 0.2) is 11.0 Å². The van der Waals surface area contributed by atoms with E-state index >= 15 is 0 Å². The van der Waals surface area contributed by atoms with Gasteiger partial charge in [-0.1, -0.05) is 55.5 Å². The van der Waals surface area contributed by atoms with Gasteiger partial charge in [0.1, 0.15) is 5.76 Å². The first-order valence-corrected chi connectivity index (χ1v) is 12.3. The summed E-state index contributed by atoms with van der Waals surface area (Å²) >= 11 is 0. The van der Waals surface area contributed by atoms with Crippen LogP contribution >= 0.6 is 0 Å². The van der Waals surface area contributed by atoms with Crippen LogP contribution in [0.25, 0.3) is 22.3 Å². The van der Waals surface area contributed by atoms with Gasteiger partial charge in [-0.05, 0) is 43.2 Å². The molecule has 5 rings (SSSR count). The zero-order valence-corrected chi connectivity index (χ0v) is 20.5. The van der Waals surface area contributed by atoms with Gasteiger partial charge in [0.05, 0.1) is 10.9 Å². The third-order valence-corrected chi connectivity index (χ3v) is 6.87. The third-order valence-electron chi connectivity index (χ3n) is 6.87. The molecule has 0 atom stereocenters. The summed E-state index contributed by atoms with van der Waals surface area (Å²) in [7, 11) is 0. The van der Waals surface area contributed by atoms with Crippen LogP contribution in [-0.2, 0) is 6.42 Å². The summed E-state index contributed by atoms with van der Waals surface area (Å²) in [5, 5.41) is 0.391. The average molecular weight is 481 g/mol. The number of fused-ring (bicyclic) bond motifs is 1. The number of hydrogen-bond acceptors (Lipinski definition) is 4. The molecule has 182 valence electrons. The summed E-state index contributed by atoms with van der Waals surface area (Å²) in [4.78, 5) is 43.1. The Kier molecular flexibility index (Phi) is 6.42. The molecule has 0 radical (unpaired) electrons. The second-order valence-electron chi connectivity index (χ2n) is 9.07. The van der Waals surface area contributed by atoms with Gasteiger partial charge in [-0.15, -0.1) is 0 Å². The Morgan fingerprint density at radius 3 is 2.08 bits per heavy atom. The molecule has 0 bridgehead atoms. The van der Waals surface area contributed by atoms with Gasteiger partial charge >= 0.3 is 0 Å². The van der Waals surface area contributed by atoms with Crippen molar-refractivity contribution in [2.45, 2.75) is 20.3 Å². The second kappa shape index (κ2) is 9.82. The largest absolute Gasteiger partial charge is 0.455 e. The summed E-state index contributed by atoms with van der Waals surface area (Å²) in [6.45, 7) is 5.55. The van der Waals surface area contributed by atoms with Gasteiger partial charge in [0.25, 0.3) is 11.8 Å². The SMILES string of the molecule is CCc1ccc(C(=O)N2CCN(C(=O)c3cccc4c(=O)c(C)c(-c5ccccc5)oc34)CC2)cc1. The monoisotopic (exact) mass is 480 g/mol. The summed E-state index contributed by atoms with van der Waals surface area (Å²) in [6.07, 6.45) is 0.927. The maximum atomic E-state index is 13.5. The van der Waals surface area contributed by atoms with Crippen LogP contribution in [0, 0.1) is 6.92 Å². The van der Waals surface area contributed by atoms with Crippen LogP contribution in [-0.4, -0.2) is 47.8 Å². The number of carbonyl (C=O) groups is 2. The Hall–Kier alpha value is -4.19. The van der Waals surface area contributed by atoms with Gasteiger partial charge in [-0.3, -0.25) is 14.4 Å². The fraction of sp³-hybridized carbons (Fsp3) is 0.233. The van der Waals surface area contributed by atoms with E-state index in [9.17, 15) is 14.4 Å². The second-order valence-corrected chi connectivity index (χ2v) is 9.07. The van der Waals surface area contributed by atoms with Gasteiger partial charge < -0.3 is 14.2 Å². The summed E-state index contributed by atoms with van der Waals surface area (Å²) in [6, 6.07) is 22.2. The number of benzene rings is 3. The molecule has 0 spiro atoms. The van der Waals surface area contributed by atoms with E-state index in [1.54, 1.807) is 34.9 Å². The molecule has 1 fully saturated rings. The van der Waals surface area contributed by atoms with Gasteiger partial charge in [-0.25, -0.2) is 0 Å². The highest BCUT2D eigenvalue weighted by Gasteiger charge is 2.27. The van der Waals surface area contributed by atoms with E-state index in [0.717, 1.165) is 12.0 Å². The van der Waals surface area contributed by atoms with E-state index in [1.165, 1.54) is 5.56 Å². The molecule has 0 aliphatic carbocycles. The Balaban J connectivity index is 1.39. The molecule has 36 heavy (non-hydrogen) atoms. The van der Waals surface area contributed by atoms with Crippen LogP contribution in [0.1, 0.15) is 38.8 Å². The lowest BCUT2D eigenvalue weighted by Gasteiger charge is -2.35. The number of piperazine rings is 1. The molecule has 1 aromatic heterocycles. The quantitative estimate of drug-likeness (QED) is 0.415. The van der Waals surface area contributed by atoms with Crippen molar-refractivity contribution >= 4 is 22.8 Å². The molecule has 4 aromatic rings. The maximum Gasteiger partial charge on any atom is 0.257 e. The Morgan fingerprint density at radius 2 is 1.44 bits per heavy atom. The van der Waals surface area contributed by atoms with Crippen LogP contribution in [0.2, 0.25) is 0 Å². The highest BCUT2D eigenvalue weighted by Crippen LogP contribution is 2.28. The van der Waals surface area contributed by atoms with E-state index in [4.69, 9.17) is 4.42 Å². The van der Waals surface area contributed by atoms with Crippen molar-refractivity contribution in [1.82, 2.24) is 9.80 Å². The fourth-order valence-electron chi connectivity index (χ4n) is 4.69. The first-order valence-electron chi connectivity index (χ1n) is 12.3. The lowest BCUT2D eigenvalue weighted by molar-refractivity contribution is 0.0536. The van der Waals surface area contributed by atoms with Crippen LogP contribution in [0.15, 0.2) is 82.0 Å². The third kappa shape index (κ3) is 4.31. The first kappa shape index (κ1) is 23.5. The molecular weight excluding hydrogens is 452 g/mol. The van der Waals surface area contributed by atoms with Crippen molar-refractivity contribution in [2.24, 2.45) is 0 Å². The average Bonchev–Trinajstić information content (AvgIpc) is 2.94. The van der Waals surface area contributed by atoms with E-state index in [0.29, 0.717) is 59.6 Å². The first-order chi connectivity index (χ1) is 17.5. The van der Waals surface area contributed by atoms with Crippen molar-refractivity contribution in [2.75, 3.05) is 26.2 Å². The summed E-state index contributed by atoms with van der Waals surface area (Å²) < 4.78 is 6.23. The molecule has 6 heteroatoms. The highest BCUT2D eigenvalue weighted by molar-refractivity contribution is 6.05. The van der Waals surface area contributed by atoms with Crippen LogP contribution in [0.3, 0.4) is 0 Å². The normalized spacial score (nSPS) is 13.7. The van der Waals surface area contributed by atoms with Crippen molar-refractivity contribution in [1.29, 1.82) is 0 Å². The number of hydrogen-bond donors (Lipinski definition) is 0. The number of carbonyl (C=O) groups excluding carboxylic acids is 2. The van der Waals surface area contributed by atoms with Crippen molar-refractivity contribution in [3.05, 3.63) is 105 Å². The minimum atomic E-state index is -0.203. The molecule has 1 aliphatic heterocycles. The summed E-state index contributed by atoms with van der Waals surface area (Å²) in [5.74, 6) is 0.243. The van der Waals surface area contributed by atoms with Crippen LogP contribution in [0.4, 0.5) is 0 Å². The Morgan fingerprint density at radius 1 is 0.806 bits per heavy atom. The topological polar surface area (TPSA) is 70.8 Å².